The molecule has 102 valence electrons. The molecule has 0 amide bonds. The van der Waals surface area contributed by atoms with Crippen LogP contribution < -0.4 is 10.5 Å². The molecule has 0 aromatic carbocycles. The molecule has 0 aliphatic carbocycles. The van der Waals surface area contributed by atoms with Crippen molar-refractivity contribution in [3.63, 3.8) is 0 Å². The number of hydrogen-bond acceptors (Lipinski definition) is 5. The quantitative estimate of drug-likeness (QED) is 0.844. The lowest BCUT2D eigenvalue weighted by Gasteiger charge is -2.14. The van der Waals surface area contributed by atoms with Crippen molar-refractivity contribution in [1.82, 2.24) is 4.72 Å². The Hall–Kier alpha value is -0.470. The van der Waals surface area contributed by atoms with Crippen LogP contribution in [0.2, 0.25) is 0 Å². The Balaban J connectivity index is 1.98. The first kappa shape index (κ1) is 14.0. The first-order valence-corrected chi connectivity index (χ1v) is 8.23. The minimum atomic E-state index is -3.40. The summed E-state index contributed by atoms with van der Waals surface area (Å²) in [5, 5.41) is 0. The number of rotatable bonds is 5. The second-order valence-corrected chi connectivity index (χ2v) is 7.56. The van der Waals surface area contributed by atoms with Crippen LogP contribution in [0, 0.1) is 5.92 Å². The van der Waals surface area contributed by atoms with Gasteiger partial charge in [0.15, 0.2) is 0 Å². The van der Waals surface area contributed by atoms with Gasteiger partial charge < -0.3 is 10.5 Å². The minimum Gasteiger partial charge on any atom is -0.378 e. The third-order valence-corrected chi connectivity index (χ3v) is 6.19. The first-order valence-electron chi connectivity index (χ1n) is 5.93. The van der Waals surface area contributed by atoms with Crippen LogP contribution in [0.1, 0.15) is 18.2 Å². The zero-order valence-corrected chi connectivity index (χ0v) is 11.9. The fourth-order valence-corrected chi connectivity index (χ4v) is 4.32. The SMILES string of the molecule is CC1OCCC1CNS(=O)(=O)c1ccc(CN)s1. The molecule has 7 heteroatoms. The van der Waals surface area contributed by atoms with Crippen LogP contribution >= 0.6 is 11.3 Å². The van der Waals surface area contributed by atoms with E-state index < -0.39 is 10.0 Å². The Morgan fingerprint density at radius 2 is 2.33 bits per heavy atom. The average molecular weight is 290 g/mol. The van der Waals surface area contributed by atoms with E-state index in [1.807, 2.05) is 6.92 Å². The van der Waals surface area contributed by atoms with E-state index in [9.17, 15) is 8.42 Å². The van der Waals surface area contributed by atoms with Crippen molar-refractivity contribution in [1.29, 1.82) is 0 Å². The van der Waals surface area contributed by atoms with E-state index in [0.29, 0.717) is 23.9 Å². The summed E-state index contributed by atoms with van der Waals surface area (Å²) in [5.41, 5.74) is 5.48. The predicted molar refractivity (Wildman–Crippen MR) is 70.9 cm³/mol. The van der Waals surface area contributed by atoms with Crippen LogP contribution in [0.25, 0.3) is 0 Å². The summed E-state index contributed by atoms with van der Waals surface area (Å²) in [6, 6.07) is 3.35. The molecule has 2 rings (SSSR count). The molecule has 0 bridgehead atoms. The molecular weight excluding hydrogens is 272 g/mol. The maximum Gasteiger partial charge on any atom is 0.250 e. The maximum atomic E-state index is 12.0. The average Bonchev–Trinajstić information content (AvgIpc) is 2.95. The third kappa shape index (κ3) is 3.10. The van der Waals surface area contributed by atoms with Crippen molar-refractivity contribution in [3.8, 4) is 0 Å². The third-order valence-electron chi connectivity index (χ3n) is 3.17. The number of hydrogen-bond donors (Lipinski definition) is 2. The van der Waals surface area contributed by atoms with E-state index in [2.05, 4.69) is 4.72 Å². The lowest BCUT2D eigenvalue weighted by Crippen LogP contribution is -2.31. The highest BCUT2D eigenvalue weighted by atomic mass is 32.2. The first-order chi connectivity index (χ1) is 8.53. The summed E-state index contributed by atoms with van der Waals surface area (Å²) in [5.74, 6) is 0.258. The second kappa shape index (κ2) is 5.66. The van der Waals surface area contributed by atoms with Crippen molar-refractivity contribution in [2.75, 3.05) is 13.2 Å². The molecular formula is C11H18N2O3S2. The molecule has 5 nitrogen and oxygen atoms in total. The van der Waals surface area contributed by atoms with Crippen LogP contribution in [-0.4, -0.2) is 27.7 Å². The molecule has 1 aromatic rings. The zero-order chi connectivity index (χ0) is 13.2. The van der Waals surface area contributed by atoms with Crippen molar-refractivity contribution in [2.45, 2.75) is 30.2 Å². The molecule has 0 saturated carbocycles. The highest BCUT2D eigenvalue weighted by molar-refractivity contribution is 7.91. The van der Waals surface area contributed by atoms with Crippen LogP contribution in [0.15, 0.2) is 16.3 Å². The number of nitrogens with two attached hydrogens (primary N) is 1. The molecule has 0 radical (unpaired) electrons. The van der Waals surface area contributed by atoms with Gasteiger partial charge in [-0.2, -0.15) is 0 Å². The minimum absolute atomic E-state index is 0.121. The maximum absolute atomic E-state index is 12.0. The number of thiophene rings is 1. The van der Waals surface area contributed by atoms with Crippen LogP contribution in [0.5, 0.6) is 0 Å². The van der Waals surface area contributed by atoms with Crippen LogP contribution in [0.3, 0.4) is 0 Å². The molecule has 18 heavy (non-hydrogen) atoms. The van der Waals surface area contributed by atoms with Crippen molar-refractivity contribution >= 4 is 21.4 Å². The van der Waals surface area contributed by atoms with Gasteiger partial charge in [-0.3, -0.25) is 0 Å². The Kier molecular flexibility index (Phi) is 4.39. The summed E-state index contributed by atoms with van der Waals surface area (Å²) in [4.78, 5) is 0.868. The predicted octanol–water partition coefficient (Wildman–Crippen LogP) is 0.910. The molecule has 1 fully saturated rings. The molecule has 3 N–H and O–H groups in total. The highest BCUT2D eigenvalue weighted by Crippen LogP contribution is 2.23. The fourth-order valence-electron chi connectivity index (χ4n) is 1.94. The van der Waals surface area contributed by atoms with Gasteiger partial charge in [0, 0.05) is 30.5 Å². The molecule has 1 saturated heterocycles. The van der Waals surface area contributed by atoms with Crippen LogP contribution in [0.4, 0.5) is 0 Å². The monoisotopic (exact) mass is 290 g/mol. The Morgan fingerprint density at radius 1 is 1.56 bits per heavy atom. The van der Waals surface area contributed by atoms with E-state index in [-0.39, 0.29) is 12.0 Å². The molecule has 2 unspecified atom stereocenters. The summed E-state index contributed by atoms with van der Waals surface area (Å²) in [6.45, 7) is 3.49. The van der Waals surface area contributed by atoms with Crippen molar-refractivity contribution in [3.05, 3.63) is 17.0 Å². The topological polar surface area (TPSA) is 81.4 Å². The molecule has 2 atom stereocenters. The molecule has 0 spiro atoms. The van der Waals surface area contributed by atoms with E-state index in [0.717, 1.165) is 11.3 Å². The van der Waals surface area contributed by atoms with E-state index in [4.69, 9.17) is 10.5 Å². The zero-order valence-electron chi connectivity index (χ0n) is 10.3. The van der Waals surface area contributed by atoms with Gasteiger partial charge in [0.05, 0.1) is 6.10 Å². The number of ether oxygens (including phenoxy) is 1. The summed E-state index contributed by atoms with van der Waals surface area (Å²) < 4.78 is 32.5. The Bertz CT molecular complexity index is 498. The smallest absolute Gasteiger partial charge is 0.250 e. The second-order valence-electron chi connectivity index (χ2n) is 4.40. The molecule has 1 aliphatic rings. The lowest BCUT2D eigenvalue weighted by molar-refractivity contribution is 0.107. The van der Waals surface area contributed by atoms with Gasteiger partial charge in [0.25, 0.3) is 0 Å². The van der Waals surface area contributed by atoms with E-state index >= 15 is 0 Å². The number of sulfonamides is 1. The number of nitrogens with one attached hydrogen (secondary N) is 1. The van der Waals surface area contributed by atoms with Crippen LogP contribution in [-0.2, 0) is 21.3 Å². The van der Waals surface area contributed by atoms with Gasteiger partial charge in [-0.25, -0.2) is 13.1 Å². The Labute approximate surface area is 111 Å². The summed E-state index contributed by atoms with van der Waals surface area (Å²) in [6.07, 6.45) is 1.03. The van der Waals surface area contributed by atoms with Crippen molar-refractivity contribution < 1.29 is 13.2 Å². The molecule has 2 heterocycles. The highest BCUT2D eigenvalue weighted by Gasteiger charge is 2.26. The summed E-state index contributed by atoms with van der Waals surface area (Å²) in [7, 11) is -3.40. The largest absolute Gasteiger partial charge is 0.378 e. The molecule has 1 aliphatic heterocycles. The van der Waals surface area contributed by atoms with E-state index in [1.165, 1.54) is 11.3 Å². The standard InChI is InChI=1S/C11H18N2O3S2/c1-8-9(4-5-16-8)7-13-18(14,15)11-3-2-10(6-12)17-11/h2-3,8-9,13H,4-7,12H2,1H3. The van der Waals surface area contributed by atoms with Gasteiger partial charge in [-0.05, 0) is 25.5 Å². The van der Waals surface area contributed by atoms with Gasteiger partial charge >= 0.3 is 0 Å². The fraction of sp³-hybridized carbons (Fsp3) is 0.636. The lowest BCUT2D eigenvalue weighted by atomic mass is 10.0. The van der Waals surface area contributed by atoms with Gasteiger partial charge in [0.2, 0.25) is 10.0 Å². The Morgan fingerprint density at radius 3 is 2.89 bits per heavy atom. The van der Waals surface area contributed by atoms with Gasteiger partial charge in [-0.1, -0.05) is 0 Å². The van der Waals surface area contributed by atoms with E-state index in [1.54, 1.807) is 12.1 Å². The van der Waals surface area contributed by atoms with Gasteiger partial charge in [-0.15, -0.1) is 11.3 Å². The molecule has 1 aromatic heterocycles. The normalized spacial score (nSPS) is 24.6. The van der Waals surface area contributed by atoms with Crippen molar-refractivity contribution in [2.24, 2.45) is 11.7 Å². The summed E-state index contributed by atoms with van der Waals surface area (Å²) >= 11 is 1.22. The van der Waals surface area contributed by atoms with Gasteiger partial charge in [0.1, 0.15) is 4.21 Å².